The van der Waals surface area contributed by atoms with E-state index in [0.717, 1.165) is 21.5 Å². The first-order valence-corrected chi connectivity index (χ1v) is 11.2. The van der Waals surface area contributed by atoms with Gasteiger partial charge in [0, 0.05) is 9.75 Å². The number of hydrogen-bond acceptors (Lipinski definition) is 4. The van der Waals surface area contributed by atoms with E-state index in [1.54, 1.807) is 11.3 Å². The number of carbonyl (C=O) groups is 1. The molecule has 2 aromatic heterocycles. The maximum absolute atomic E-state index is 12.1. The zero-order chi connectivity index (χ0) is 17.2. The molecule has 24 heavy (non-hydrogen) atoms. The van der Waals surface area contributed by atoms with Crippen molar-refractivity contribution in [2.24, 2.45) is 0 Å². The van der Waals surface area contributed by atoms with Crippen LogP contribution in [0.4, 0.5) is 0 Å². The standard InChI is InChI=1S/C19H25BrO2S2/c1-2-3-4-5-6-7-8-9-14-22-19(21)17-11-10-15(23-17)16-12-13-18(20)24-16/h10-13H,2-9,14H2,1H3. The monoisotopic (exact) mass is 428 g/mol. The summed E-state index contributed by atoms with van der Waals surface area (Å²) in [5.74, 6) is -0.190. The highest BCUT2D eigenvalue weighted by molar-refractivity contribution is 9.11. The maximum Gasteiger partial charge on any atom is 0.348 e. The number of unbranched alkanes of at least 4 members (excludes halogenated alkanes) is 7. The first-order chi connectivity index (χ1) is 11.7. The van der Waals surface area contributed by atoms with Gasteiger partial charge in [0.2, 0.25) is 0 Å². The number of halogens is 1. The van der Waals surface area contributed by atoms with Crippen molar-refractivity contribution >= 4 is 44.6 Å². The number of rotatable bonds is 11. The van der Waals surface area contributed by atoms with Crippen LogP contribution in [0.15, 0.2) is 28.1 Å². The highest BCUT2D eigenvalue weighted by atomic mass is 79.9. The van der Waals surface area contributed by atoms with Gasteiger partial charge in [0.1, 0.15) is 4.88 Å². The SMILES string of the molecule is CCCCCCCCCCOC(=O)c1ccc(-c2ccc(Br)s2)s1. The van der Waals surface area contributed by atoms with Crippen molar-refractivity contribution in [2.45, 2.75) is 58.3 Å². The lowest BCUT2D eigenvalue weighted by molar-refractivity contribution is 0.0503. The van der Waals surface area contributed by atoms with Gasteiger partial charge in [-0.15, -0.1) is 22.7 Å². The summed E-state index contributed by atoms with van der Waals surface area (Å²) in [5.41, 5.74) is 0. The summed E-state index contributed by atoms with van der Waals surface area (Å²) in [5, 5.41) is 0. The highest BCUT2D eigenvalue weighted by Crippen LogP contribution is 2.35. The van der Waals surface area contributed by atoms with Crippen LogP contribution in [0.5, 0.6) is 0 Å². The normalized spacial score (nSPS) is 10.9. The molecule has 2 rings (SSSR count). The van der Waals surface area contributed by atoms with E-state index in [0.29, 0.717) is 11.5 Å². The summed E-state index contributed by atoms with van der Waals surface area (Å²) in [6.45, 7) is 2.77. The quantitative estimate of drug-likeness (QED) is 0.272. The second-order valence-corrected chi connectivity index (χ2v) is 9.43. The minimum Gasteiger partial charge on any atom is -0.462 e. The summed E-state index contributed by atoms with van der Waals surface area (Å²) in [4.78, 5) is 15.1. The summed E-state index contributed by atoms with van der Waals surface area (Å²) in [6.07, 6.45) is 10.0. The number of esters is 1. The first-order valence-electron chi connectivity index (χ1n) is 8.73. The molecule has 0 saturated carbocycles. The smallest absolute Gasteiger partial charge is 0.348 e. The molecule has 0 atom stereocenters. The zero-order valence-corrected chi connectivity index (χ0v) is 17.4. The molecule has 0 radical (unpaired) electrons. The molecule has 0 aliphatic heterocycles. The van der Waals surface area contributed by atoms with Gasteiger partial charge in [-0.3, -0.25) is 0 Å². The van der Waals surface area contributed by atoms with Crippen molar-refractivity contribution in [1.29, 1.82) is 0 Å². The molecule has 0 N–H and O–H groups in total. The van der Waals surface area contributed by atoms with Gasteiger partial charge in [-0.25, -0.2) is 4.79 Å². The van der Waals surface area contributed by atoms with Gasteiger partial charge in [0.05, 0.1) is 10.4 Å². The van der Waals surface area contributed by atoms with Gasteiger partial charge in [-0.05, 0) is 46.6 Å². The Morgan fingerprint density at radius 3 is 2.21 bits per heavy atom. The predicted octanol–water partition coefficient (Wildman–Crippen LogP) is 7.54. The minimum absolute atomic E-state index is 0.190. The molecule has 0 spiro atoms. The molecule has 0 fully saturated rings. The maximum atomic E-state index is 12.1. The number of ether oxygens (including phenoxy) is 1. The zero-order valence-electron chi connectivity index (χ0n) is 14.2. The van der Waals surface area contributed by atoms with E-state index in [1.807, 2.05) is 18.2 Å². The van der Waals surface area contributed by atoms with E-state index in [4.69, 9.17) is 4.74 Å². The second kappa shape index (κ2) is 11.1. The van der Waals surface area contributed by atoms with Crippen LogP contribution in [0, 0.1) is 0 Å². The molecule has 0 unspecified atom stereocenters. The van der Waals surface area contributed by atoms with Crippen LogP contribution in [-0.2, 0) is 4.74 Å². The van der Waals surface area contributed by atoms with E-state index in [2.05, 4.69) is 28.9 Å². The highest BCUT2D eigenvalue weighted by Gasteiger charge is 2.12. The van der Waals surface area contributed by atoms with Crippen molar-refractivity contribution in [3.8, 4) is 9.75 Å². The van der Waals surface area contributed by atoms with Crippen molar-refractivity contribution in [2.75, 3.05) is 6.61 Å². The van der Waals surface area contributed by atoms with E-state index < -0.39 is 0 Å². The van der Waals surface area contributed by atoms with E-state index in [1.165, 1.54) is 54.7 Å². The van der Waals surface area contributed by atoms with Crippen LogP contribution in [0.3, 0.4) is 0 Å². The molecular weight excluding hydrogens is 404 g/mol. The topological polar surface area (TPSA) is 26.3 Å². The van der Waals surface area contributed by atoms with Crippen molar-refractivity contribution in [3.63, 3.8) is 0 Å². The van der Waals surface area contributed by atoms with Crippen molar-refractivity contribution in [1.82, 2.24) is 0 Å². The predicted molar refractivity (Wildman–Crippen MR) is 108 cm³/mol. The largest absolute Gasteiger partial charge is 0.462 e. The average molecular weight is 429 g/mol. The van der Waals surface area contributed by atoms with E-state index >= 15 is 0 Å². The molecule has 0 aromatic carbocycles. The van der Waals surface area contributed by atoms with Gasteiger partial charge in [0.25, 0.3) is 0 Å². The molecule has 2 aromatic rings. The Balaban J connectivity index is 1.62. The second-order valence-electron chi connectivity index (χ2n) is 5.88. The number of hydrogen-bond donors (Lipinski definition) is 0. The van der Waals surface area contributed by atoms with Gasteiger partial charge >= 0.3 is 5.97 Å². The molecule has 0 aliphatic rings. The summed E-state index contributed by atoms with van der Waals surface area (Å²) < 4.78 is 6.49. The lowest BCUT2D eigenvalue weighted by atomic mass is 10.1. The van der Waals surface area contributed by atoms with Gasteiger partial charge < -0.3 is 4.74 Å². The number of carbonyl (C=O) groups excluding carboxylic acids is 1. The van der Waals surface area contributed by atoms with Crippen molar-refractivity contribution in [3.05, 3.63) is 32.9 Å². The molecule has 0 aliphatic carbocycles. The Hall–Kier alpha value is -0.650. The fourth-order valence-electron chi connectivity index (χ4n) is 2.50. The third-order valence-corrected chi connectivity index (χ3v) is 6.74. The summed E-state index contributed by atoms with van der Waals surface area (Å²) in [6, 6.07) is 7.95. The molecule has 0 bridgehead atoms. The molecule has 5 heteroatoms. The molecule has 2 nitrogen and oxygen atoms in total. The molecule has 0 amide bonds. The van der Waals surface area contributed by atoms with Crippen LogP contribution in [0.25, 0.3) is 9.75 Å². The van der Waals surface area contributed by atoms with Crippen LogP contribution in [0.1, 0.15) is 68.0 Å². The van der Waals surface area contributed by atoms with Gasteiger partial charge in [-0.2, -0.15) is 0 Å². The van der Waals surface area contributed by atoms with E-state index in [9.17, 15) is 4.79 Å². The Labute approximate surface area is 161 Å². The Morgan fingerprint density at radius 1 is 0.917 bits per heavy atom. The molecular formula is C19H25BrO2S2. The molecule has 132 valence electrons. The van der Waals surface area contributed by atoms with Crippen LogP contribution < -0.4 is 0 Å². The average Bonchev–Trinajstić information content (AvgIpc) is 3.22. The van der Waals surface area contributed by atoms with Gasteiger partial charge in [0.15, 0.2) is 0 Å². The van der Waals surface area contributed by atoms with Crippen LogP contribution in [-0.4, -0.2) is 12.6 Å². The van der Waals surface area contributed by atoms with Crippen molar-refractivity contribution < 1.29 is 9.53 Å². The Kier molecular flexibility index (Phi) is 9.07. The fourth-order valence-corrected chi connectivity index (χ4v) is 4.87. The Bertz CT molecular complexity index is 618. The minimum atomic E-state index is -0.190. The molecule has 0 saturated heterocycles. The molecule has 2 heterocycles. The third kappa shape index (κ3) is 6.69. The van der Waals surface area contributed by atoms with Crippen LogP contribution in [0.2, 0.25) is 0 Å². The summed E-state index contributed by atoms with van der Waals surface area (Å²) >= 11 is 6.65. The lowest BCUT2D eigenvalue weighted by Gasteiger charge is -2.03. The first kappa shape index (κ1) is 19.7. The lowest BCUT2D eigenvalue weighted by Crippen LogP contribution is -2.04. The third-order valence-electron chi connectivity index (χ3n) is 3.85. The van der Waals surface area contributed by atoms with Gasteiger partial charge in [-0.1, -0.05) is 51.9 Å². The fraction of sp³-hybridized carbons (Fsp3) is 0.526. The van der Waals surface area contributed by atoms with E-state index in [-0.39, 0.29) is 5.97 Å². The Morgan fingerprint density at radius 2 is 1.54 bits per heavy atom. The summed E-state index contributed by atoms with van der Waals surface area (Å²) in [7, 11) is 0. The number of thiophene rings is 2. The van der Waals surface area contributed by atoms with Crippen LogP contribution >= 0.6 is 38.6 Å².